The number of nitrogens with two attached hydrogens (primary N) is 2. The summed E-state index contributed by atoms with van der Waals surface area (Å²) in [6.45, 7) is -1.15. The standard InChI is InChI=1S/C19H28N8O9/c20-5-13(28)25-10(1-2-15(30)31)19(36)27-12(3-9-6-22-8-24-9)18(35)23-7-14(29)26-11(17(21)34)4-16(32)33/h6,8,10-12H,1-5,7,20H2,(H2,21,34)(H,22,24)(H,23,35)(H,25,28)(H,26,29)(H,27,36)(H,30,31)(H,32,33)/t10-,11-,12-/m0/s1. The van der Waals surface area contributed by atoms with E-state index in [0.29, 0.717) is 5.69 Å². The minimum Gasteiger partial charge on any atom is -0.481 e. The van der Waals surface area contributed by atoms with Crippen LogP contribution in [0.2, 0.25) is 0 Å². The summed E-state index contributed by atoms with van der Waals surface area (Å²) in [5.74, 6) is -7.07. The number of carbonyl (C=O) groups is 7. The fourth-order valence-electron chi connectivity index (χ4n) is 2.82. The maximum Gasteiger partial charge on any atom is 0.305 e. The van der Waals surface area contributed by atoms with E-state index < -0.39 is 85.5 Å². The van der Waals surface area contributed by atoms with Crippen LogP contribution in [-0.2, 0) is 40.0 Å². The number of nitrogens with zero attached hydrogens (tertiary/aromatic N) is 1. The van der Waals surface area contributed by atoms with Gasteiger partial charge in [-0.3, -0.25) is 33.6 Å². The molecule has 0 unspecified atom stereocenters. The van der Waals surface area contributed by atoms with Gasteiger partial charge in [0.15, 0.2) is 0 Å². The van der Waals surface area contributed by atoms with E-state index >= 15 is 0 Å². The van der Waals surface area contributed by atoms with Crippen LogP contribution in [0.4, 0.5) is 0 Å². The fourth-order valence-corrected chi connectivity index (χ4v) is 2.82. The van der Waals surface area contributed by atoms with Crippen LogP contribution in [0, 0.1) is 0 Å². The summed E-state index contributed by atoms with van der Waals surface area (Å²) in [5, 5.41) is 26.7. The molecule has 1 aromatic rings. The Hall–Kier alpha value is -4.54. The van der Waals surface area contributed by atoms with Gasteiger partial charge in [-0.2, -0.15) is 0 Å². The predicted molar refractivity (Wildman–Crippen MR) is 118 cm³/mol. The molecule has 0 aliphatic heterocycles. The van der Waals surface area contributed by atoms with Crippen LogP contribution in [0.1, 0.15) is 25.0 Å². The molecule has 0 spiro atoms. The fraction of sp³-hybridized carbons (Fsp3) is 0.474. The van der Waals surface area contributed by atoms with Crippen molar-refractivity contribution in [3.05, 3.63) is 18.2 Å². The van der Waals surface area contributed by atoms with Gasteiger partial charge in [-0.1, -0.05) is 0 Å². The smallest absolute Gasteiger partial charge is 0.305 e. The maximum atomic E-state index is 12.8. The summed E-state index contributed by atoms with van der Waals surface area (Å²) in [5.41, 5.74) is 10.7. The second kappa shape index (κ2) is 14.7. The van der Waals surface area contributed by atoms with Gasteiger partial charge in [-0.25, -0.2) is 4.98 Å². The number of aliphatic carboxylic acids is 2. The number of carboxylic acids is 2. The van der Waals surface area contributed by atoms with Gasteiger partial charge in [0.1, 0.15) is 18.1 Å². The number of amides is 5. The Kier molecular flexibility index (Phi) is 12.0. The monoisotopic (exact) mass is 512 g/mol. The van der Waals surface area contributed by atoms with Gasteiger partial charge in [0.05, 0.1) is 25.8 Å². The number of rotatable bonds is 16. The molecule has 17 nitrogen and oxygen atoms in total. The molecular formula is C19H28N8O9. The van der Waals surface area contributed by atoms with Crippen molar-refractivity contribution in [2.24, 2.45) is 11.5 Å². The van der Waals surface area contributed by atoms with Crippen LogP contribution in [0.15, 0.2) is 12.5 Å². The van der Waals surface area contributed by atoms with Gasteiger partial charge in [0.2, 0.25) is 29.5 Å². The van der Waals surface area contributed by atoms with Gasteiger partial charge >= 0.3 is 11.9 Å². The molecule has 0 aliphatic rings. The molecule has 0 fully saturated rings. The van der Waals surface area contributed by atoms with Crippen molar-refractivity contribution < 1.29 is 43.8 Å². The minimum atomic E-state index is -1.51. The zero-order valence-electron chi connectivity index (χ0n) is 19.0. The molecule has 0 aliphatic carbocycles. The highest BCUT2D eigenvalue weighted by atomic mass is 16.4. The number of hydrogen-bond acceptors (Lipinski definition) is 9. The van der Waals surface area contributed by atoms with E-state index in [4.69, 9.17) is 21.7 Å². The third-order valence-corrected chi connectivity index (χ3v) is 4.58. The van der Waals surface area contributed by atoms with Crippen molar-refractivity contribution in [3.8, 4) is 0 Å². The first-order chi connectivity index (χ1) is 16.9. The predicted octanol–water partition coefficient (Wildman–Crippen LogP) is -4.69. The number of H-pyrrole nitrogens is 1. The van der Waals surface area contributed by atoms with Crippen LogP contribution in [0.25, 0.3) is 0 Å². The minimum absolute atomic E-state index is 0.126. The quantitative estimate of drug-likeness (QED) is 0.101. The SMILES string of the molecule is NCC(=O)N[C@@H](CCC(=O)O)C(=O)N[C@@H](Cc1cnc[nH]1)C(=O)NCC(=O)N[C@@H](CC(=O)O)C(N)=O. The van der Waals surface area contributed by atoms with Gasteiger partial charge in [-0.05, 0) is 6.42 Å². The van der Waals surface area contributed by atoms with E-state index in [1.165, 1.54) is 12.5 Å². The van der Waals surface area contributed by atoms with Crippen molar-refractivity contribution in [1.82, 2.24) is 31.2 Å². The van der Waals surface area contributed by atoms with Gasteiger partial charge < -0.3 is 47.9 Å². The molecule has 3 atom stereocenters. The Labute approximate surface area is 203 Å². The van der Waals surface area contributed by atoms with Crippen molar-refractivity contribution in [1.29, 1.82) is 0 Å². The number of carbonyl (C=O) groups excluding carboxylic acids is 5. The molecule has 17 heteroatoms. The molecule has 11 N–H and O–H groups in total. The van der Waals surface area contributed by atoms with E-state index in [-0.39, 0.29) is 12.8 Å². The summed E-state index contributed by atoms with van der Waals surface area (Å²) in [4.78, 5) is 88.8. The average molecular weight is 512 g/mol. The van der Waals surface area contributed by atoms with E-state index in [1.54, 1.807) is 0 Å². The zero-order chi connectivity index (χ0) is 27.3. The average Bonchev–Trinajstić information content (AvgIpc) is 3.31. The molecule has 0 saturated carbocycles. The first-order valence-corrected chi connectivity index (χ1v) is 10.5. The highest BCUT2D eigenvalue weighted by molar-refractivity contribution is 5.95. The molecule has 0 radical (unpaired) electrons. The van der Waals surface area contributed by atoms with Crippen molar-refractivity contribution in [2.45, 2.75) is 43.8 Å². The lowest BCUT2D eigenvalue weighted by molar-refractivity contribution is -0.140. The summed E-state index contributed by atoms with van der Waals surface area (Å²) < 4.78 is 0. The van der Waals surface area contributed by atoms with Crippen LogP contribution in [0.5, 0.6) is 0 Å². The third-order valence-electron chi connectivity index (χ3n) is 4.58. The molecular weight excluding hydrogens is 484 g/mol. The maximum absolute atomic E-state index is 12.8. The van der Waals surface area contributed by atoms with Crippen molar-refractivity contribution >= 4 is 41.5 Å². The van der Waals surface area contributed by atoms with Crippen molar-refractivity contribution in [2.75, 3.05) is 13.1 Å². The lowest BCUT2D eigenvalue weighted by Gasteiger charge is -2.22. The Morgan fingerprint density at radius 1 is 0.917 bits per heavy atom. The number of primary amides is 1. The lowest BCUT2D eigenvalue weighted by Crippen LogP contribution is -2.56. The zero-order valence-corrected chi connectivity index (χ0v) is 19.0. The van der Waals surface area contributed by atoms with Crippen LogP contribution >= 0.6 is 0 Å². The Morgan fingerprint density at radius 3 is 2.11 bits per heavy atom. The first-order valence-electron chi connectivity index (χ1n) is 10.5. The summed E-state index contributed by atoms with van der Waals surface area (Å²) in [6.07, 6.45) is 1.06. The summed E-state index contributed by atoms with van der Waals surface area (Å²) >= 11 is 0. The van der Waals surface area contributed by atoms with E-state index in [0.717, 1.165) is 0 Å². The van der Waals surface area contributed by atoms with Crippen LogP contribution in [-0.4, -0.2) is 92.9 Å². The Balaban J connectivity index is 2.90. The number of aromatic nitrogens is 2. The molecule has 0 aromatic carbocycles. The molecule has 198 valence electrons. The van der Waals surface area contributed by atoms with Gasteiger partial charge in [0, 0.05) is 24.7 Å². The molecule has 1 aromatic heterocycles. The highest BCUT2D eigenvalue weighted by Gasteiger charge is 2.28. The molecule has 0 saturated heterocycles. The Bertz CT molecular complexity index is 966. The Morgan fingerprint density at radius 2 is 1.58 bits per heavy atom. The molecule has 0 bridgehead atoms. The van der Waals surface area contributed by atoms with Crippen LogP contribution in [0.3, 0.4) is 0 Å². The number of imidazole rings is 1. The van der Waals surface area contributed by atoms with Gasteiger partial charge in [-0.15, -0.1) is 0 Å². The molecule has 1 rings (SSSR count). The number of nitrogens with one attached hydrogen (secondary N) is 5. The highest BCUT2D eigenvalue weighted by Crippen LogP contribution is 2.03. The lowest BCUT2D eigenvalue weighted by atomic mass is 10.1. The first kappa shape index (κ1) is 29.5. The number of aromatic amines is 1. The topological polar surface area (TPSA) is 289 Å². The van der Waals surface area contributed by atoms with Crippen molar-refractivity contribution in [3.63, 3.8) is 0 Å². The second-order valence-electron chi connectivity index (χ2n) is 7.44. The largest absolute Gasteiger partial charge is 0.481 e. The van der Waals surface area contributed by atoms with E-state index in [2.05, 4.69) is 31.2 Å². The van der Waals surface area contributed by atoms with E-state index in [1.807, 2.05) is 0 Å². The summed E-state index contributed by atoms with van der Waals surface area (Å²) in [6, 6.07) is -4.13. The number of hydrogen-bond donors (Lipinski definition) is 9. The molecule has 5 amide bonds. The molecule has 1 heterocycles. The normalized spacial score (nSPS) is 12.9. The van der Waals surface area contributed by atoms with E-state index in [9.17, 15) is 33.6 Å². The number of carboxylic acid groups (broad SMARTS) is 2. The van der Waals surface area contributed by atoms with Crippen LogP contribution < -0.4 is 32.7 Å². The molecule has 36 heavy (non-hydrogen) atoms. The van der Waals surface area contributed by atoms with Gasteiger partial charge in [0.25, 0.3) is 0 Å². The second-order valence-corrected chi connectivity index (χ2v) is 7.44. The summed E-state index contributed by atoms with van der Waals surface area (Å²) in [7, 11) is 0. The third kappa shape index (κ3) is 11.1.